The zero-order valence-electron chi connectivity index (χ0n) is 21.8. The lowest BCUT2D eigenvalue weighted by atomic mass is 9.77. The Labute approximate surface area is 201 Å². The molecule has 3 heteroatoms. The summed E-state index contributed by atoms with van der Waals surface area (Å²) >= 11 is 0. The number of hydrogen-bond donors (Lipinski definition) is 0. The van der Waals surface area contributed by atoms with Crippen LogP contribution in [0, 0.1) is 5.41 Å². The summed E-state index contributed by atoms with van der Waals surface area (Å²) in [6, 6.07) is 17.8. The Balaban J connectivity index is 2.03. The van der Waals surface area contributed by atoms with Crippen molar-refractivity contribution in [2.24, 2.45) is 5.41 Å². The first kappa shape index (κ1) is 26.9. The molecule has 0 aliphatic heterocycles. The number of ether oxygens (including phenoxy) is 2. The van der Waals surface area contributed by atoms with E-state index in [-0.39, 0.29) is 16.8 Å². The van der Waals surface area contributed by atoms with E-state index in [1.807, 2.05) is 0 Å². The molecule has 0 N–H and O–H groups in total. The van der Waals surface area contributed by atoms with Gasteiger partial charge in [0.15, 0.2) is 0 Å². The van der Waals surface area contributed by atoms with Crippen LogP contribution in [0.3, 0.4) is 0 Å². The SMILES string of the molecule is C=CC(=O)OCC(C)(C)CCOC(C)(C)c1ccc(C(C)(C)c2ccc(C(C)C)cc2)cc1. The first-order chi connectivity index (χ1) is 15.3. The monoisotopic (exact) mass is 450 g/mol. The molecule has 0 aromatic heterocycles. The Bertz CT molecular complexity index is 916. The van der Waals surface area contributed by atoms with Gasteiger partial charge in [0.2, 0.25) is 0 Å². The predicted octanol–water partition coefficient (Wildman–Crippen LogP) is 7.53. The molecule has 0 saturated carbocycles. The van der Waals surface area contributed by atoms with E-state index in [1.54, 1.807) is 0 Å². The van der Waals surface area contributed by atoms with Crippen molar-refractivity contribution in [2.45, 2.75) is 78.7 Å². The van der Waals surface area contributed by atoms with Crippen LogP contribution in [-0.2, 0) is 25.3 Å². The molecule has 0 heterocycles. The molecule has 0 amide bonds. The minimum absolute atomic E-state index is 0.0774. The molecule has 0 bridgehead atoms. The molecule has 0 aliphatic carbocycles. The van der Waals surface area contributed by atoms with Gasteiger partial charge in [-0.15, -0.1) is 0 Å². The largest absolute Gasteiger partial charge is 0.462 e. The van der Waals surface area contributed by atoms with Crippen molar-refractivity contribution in [3.63, 3.8) is 0 Å². The van der Waals surface area contributed by atoms with Crippen LogP contribution in [0.25, 0.3) is 0 Å². The fraction of sp³-hybridized carbons (Fsp3) is 0.500. The van der Waals surface area contributed by atoms with Gasteiger partial charge < -0.3 is 9.47 Å². The summed E-state index contributed by atoms with van der Waals surface area (Å²) in [7, 11) is 0. The van der Waals surface area contributed by atoms with Crippen molar-refractivity contribution < 1.29 is 14.3 Å². The van der Waals surface area contributed by atoms with E-state index in [2.05, 4.69) is 110 Å². The number of esters is 1. The Morgan fingerprint density at radius 1 is 0.879 bits per heavy atom. The van der Waals surface area contributed by atoms with E-state index in [1.165, 1.54) is 22.8 Å². The molecule has 0 spiro atoms. The van der Waals surface area contributed by atoms with Crippen molar-refractivity contribution in [3.8, 4) is 0 Å². The molecule has 180 valence electrons. The number of benzene rings is 2. The van der Waals surface area contributed by atoms with Crippen molar-refractivity contribution >= 4 is 5.97 Å². The average molecular weight is 451 g/mol. The second-order valence-electron chi connectivity index (χ2n) is 11.1. The minimum Gasteiger partial charge on any atom is -0.462 e. The van der Waals surface area contributed by atoms with Gasteiger partial charge >= 0.3 is 5.97 Å². The topological polar surface area (TPSA) is 35.5 Å². The average Bonchev–Trinajstić information content (AvgIpc) is 2.77. The molecule has 0 fully saturated rings. The molecular formula is C30H42O3. The normalized spacial score (nSPS) is 12.6. The third-order valence-electron chi connectivity index (χ3n) is 6.61. The second kappa shape index (κ2) is 10.7. The van der Waals surface area contributed by atoms with Crippen LogP contribution in [0.1, 0.15) is 90.0 Å². The van der Waals surface area contributed by atoms with E-state index >= 15 is 0 Å². The highest BCUT2D eigenvalue weighted by Gasteiger charge is 2.27. The third kappa shape index (κ3) is 7.30. The highest BCUT2D eigenvalue weighted by atomic mass is 16.5. The molecular weight excluding hydrogens is 408 g/mol. The van der Waals surface area contributed by atoms with Crippen LogP contribution in [0.2, 0.25) is 0 Å². The fourth-order valence-electron chi connectivity index (χ4n) is 3.80. The summed E-state index contributed by atoms with van der Waals surface area (Å²) < 4.78 is 11.5. The highest BCUT2D eigenvalue weighted by Crippen LogP contribution is 2.34. The summed E-state index contributed by atoms with van der Waals surface area (Å²) in [5.41, 5.74) is 4.47. The predicted molar refractivity (Wildman–Crippen MR) is 138 cm³/mol. The Hall–Kier alpha value is -2.39. The summed E-state index contributed by atoms with van der Waals surface area (Å²) in [6.07, 6.45) is 1.99. The van der Waals surface area contributed by atoms with Crippen LogP contribution in [0.4, 0.5) is 0 Å². The maximum Gasteiger partial charge on any atom is 0.330 e. The van der Waals surface area contributed by atoms with Crippen molar-refractivity contribution in [3.05, 3.63) is 83.4 Å². The van der Waals surface area contributed by atoms with E-state index in [0.717, 1.165) is 12.0 Å². The molecule has 0 unspecified atom stereocenters. The summed E-state index contributed by atoms with van der Waals surface area (Å²) in [5, 5.41) is 0. The standard InChI is InChI=1S/C30H42O3/c1-10-27(31)32-21-28(4,5)19-20-33-30(8,9)26-17-15-25(16-18-26)29(6,7)24-13-11-23(12-14-24)22(2)3/h10-18,22H,1,19-21H2,2-9H3. The highest BCUT2D eigenvalue weighted by molar-refractivity contribution is 5.81. The van der Waals surface area contributed by atoms with Crippen LogP contribution in [0.15, 0.2) is 61.2 Å². The zero-order valence-corrected chi connectivity index (χ0v) is 21.8. The lowest BCUT2D eigenvalue weighted by Crippen LogP contribution is -2.27. The van der Waals surface area contributed by atoms with Gasteiger partial charge in [-0.1, -0.05) is 96.7 Å². The second-order valence-corrected chi connectivity index (χ2v) is 11.1. The lowest BCUT2D eigenvalue weighted by Gasteiger charge is -2.31. The Morgan fingerprint density at radius 2 is 1.36 bits per heavy atom. The number of carbonyl (C=O) groups is 1. The molecule has 0 atom stereocenters. The third-order valence-corrected chi connectivity index (χ3v) is 6.61. The fourth-order valence-corrected chi connectivity index (χ4v) is 3.80. The number of rotatable bonds is 11. The van der Waals surface area contributed by atoms with Gasteiger partial charge in [0.25, 0.3) is 0 Å². The molecule has 3 nitrogen and oxygen atoms in total. The molecule has 2 aromatic carbocycles. The van der Waals surface area contributed by atoms with Gasteiger partial charge in [-0.25, -0.2) is 4.79 Å². The van der Waals surface area contributed by atoms with Gasteiger partial charge in [-0.2, -0.15) is 0 Å². The smallest absolute Gasteiger partial charge is 0.330 e. The Morgan fingerprint density at radius 3 is 1.85 bits per heavy atom. The van der Waals surface area contributed by atoms with Crippen LogP contribution < -0.4 is 0 Å². The molecule has 0 saturated heterocycles. The van der Waals surface area contributed by atoms with Crippen LogP contribution in [0.5, 0.6) is 0 Å². The van der Waals surface area contributed by atoms with E-state index in [9.17, 15) is 4.79 Å². The Kier molecular flexibility index (Phi) is 8.70. The number of carbonyl (C=O) groups excluding carboxylic acids is 1. The van der Waals surface area contributed by atoms with Crippen molar-refractivity contribution in [1.29, 1.82) is 0 Å². The van der Waals surface area contributed by atoms with E-state index in [0.29, 0.717) is 19.1 Å². The van der Waals surface area contributed by atoms with Gasteiger partial charge in [0.1, 0.15) is 0 Å². The maximum atomic E-state index is 11.3. The first-order valence-electron chi connectivity index (χ1n) is 11.9. The molecule has 2 rings (SSSR count). The lowest BCUT2D eigenvalue weighted by molar-refractivity contribution is -0.141. The quantitative estimate of drug-likeness (QED) is 0.262. The number of hydrogen-bond acceptors (Lipinski definition) is 3. The van der Waals surface area contributed by atoms with Crippen molar-refractivity contribution in [1.82, 2.24) is 0 Å². The van der Waals surface area contributed by atoms with Gasteiger partial charge in [0.05, 0.1) is 12.2 Å². The van der Waals surface area contributed by atoms with Crippen LogP contribution >= 0.6 is 0 Å². The molecule has 0 aliphatic rings. The van der Waals surface area contributed by atoms with Gasteiger partial charge in [-0.05, 0) is 48.4 Å². The maximum absolute atomic E-state index is 11.3. The summed E-state index contributed by atoms with van der Waals surface area (Å²) in [4.78, 5) is 11.3. The summed E-state index contributed by atoms with van der Waals surface area (Å²) in [5.74, 6) is 0.152. The van der Waals surface area contributed by atoms with E-state index in [4.69, 9.17) is 9.47 Å². The first-order valence-corrected chi connectivity index (χ1v) is 11.9. The molecule has 0 radical (unpaired) electrons. The van der Waals surface area contributed by atoms with Crippen molar-refractivity contribution in [2.75, 3.05) is 13.2 Å². The van der Waals surface area contributed by atoms with E-state index < -0.39 is 5.60 Å². The molecule has 33 heavy (non-hydrogen) atoms. The summed E-state index contributed by atoms with van der Waals surface area (Å²) in [6.45, 7) is 21.7. The van der Waals surface area contributed by atoms with Gasteiger partial charge in [0, 0.05) is 23.5 Å². The minimum atomic E-state index is -0.407. The zero-order chi connectivity index (χ0) is 24.9. The van der Waals surface area contributed by atoms with Crippen LogP contribution in [-0.4, -0.2) is 19.2 Å². The van der Waals surface area contributed by atoms with Gasteiger partial charge in [-0.3, -0.25) is 0 Å². The molecule has 2 aromatic rings.